The second-order valence-corrected chi connectivity index (χ2v) is 9.67. The van der Waals surface area contributed by atoms with E-state index in [-0.39, 0.29) is 7.43 Å². The third kappa shape index (κ3) is 6.54. The van der Waals surface area contributed by atoms with Gasteiger partial charge >= 0.3 is 0 Å². The smallest absolute Gasteiger partial charge is 0.225 e. The van der Waals surface area contributed by atoms with E-state index in [0.29, 0.717) is 12.0 Å². The predicted molar refractivity (Wildman–Crippen MR) is 149 cm³/mol. The topological polar surface area (TPSA) is 65.6 Å². The number of para-hydroxylation sites is 1. The summed E-state index contributed by atoms with van der Waals surface area (Å²) in [7, 11) is 9.90. The molecule has 1 aliphatic carbocycles. The molecule has 1 fully saturated rings. The molecule has 0 aliphatic heterocycles. The number of hydrogen-bond acceptors (Lipinski definition) is 7. The molecule has 3 aromatic rings. The third-order valence-electron chi connectivity index (χ3n) is 6.72. The van der Waals surface area contributed by atoms with Crippen LogP contribution in [0.5, 0.6) is 5.75 Å². The Balaban J connectivity index is 0.00000342. The lowest BCUT2D eigenvalue weighted by Gasteiger charge is -2.29. The highest BCUT2D eigenvalue weighted by Gasteiger charge is 2.22. The highest BCUT2D eigenvalue weighted by atomic mass is 16.5. The average Bonchev–Trinajstić information content (AvgIpc) is 2.84. The molecule has 7 nitrogen and oxygen atoms in total. The first-order valence-corrected chi connectivity index (χ1v) is 12.2. The van der Waals surface area contributed by atoms with Gasteiger partial charge < -0.3 is 25.2 Å². The van der Waals surface area contributed by atoms with E-state index in [1.807, 2.05) is 40.3 Å². The lowest BCUT2D eigenvalue weighted by molar-refractivity contribution is 0.322. The highest BCUT2D eigenvalue weighted by molar-refractivity contribution is 5.90. The maximum absolute atomic E-state index is 5.61. The molecular formula is C28H42N6O. The second kappa shape index (κ2) is 12.1. The largest absolute Gasteiger partial charge is 0.496 e. The number of fused-ring (bicyclic) bond motifs is 1. The van der Waals surface area contributed by atoms with Crippen molar-refractivity contribution in [3.63, 3.8) is 0 Å². The van der Waals surface area contributed by atoms with Gasteiger partial charge in [-0.2, -0.15) is 4.98 Å². The molecule has 0 atom stereocenters. The Morgan fingerprint density at radius 1 is 0.943 bits per heavy atom. The number of methoxy groups -OCH3 is 1. The Morgan fingerprint density at radius 3 is 2.37 bits per heavy atom. The molecule has 2 aromatic carbocycles. The molecule has 0 radical (unpaired) electrons. The molecule has 190 valence electrons. The molecule has 4 rings (SSSR count). The maximum atomic E-state index is 5.61. The Morgan fingerprint density at radius 2 is 1.69 bits per heavy atom. The van der Waals surface area contributed by atoms with E-state index in [2.05, 4.69) is 50.8 Å². The number of ether oxygens (including phenoxy) is 1. The normalized spacial score (nSPS) is 17.5. The van der Waals surface area contributed by atoms with Crippen LogP contribution in [0, 0.1) is 5.92 Å². The summed E-state index contributed by atoms with van der Waals surface area (Å²) in [5, 5.41) is 8.35. The van der Waals surface area contributed by atoms with Crippen molar-refractivity contribution in [1.29, 1.82) is 0 Å². The van der Waals surface area contributed by atoms with Crippen molar-refractivity contribution in [2.75, 3.05) is 57.0 Å². The molecule has 1 aliphatic rings. The van der Waals surface area contributed by atoms with E-state index in [1.54, 1.807) is 7.11 Å². The standard InChI is InChI=1S/C27H38N6O.CH4/c1-32(2)22-15-12-20(25(16-22)34-5)18-28-17-19-10-13-21(14-11-19)29-27-30-24-9-7-6-8-23(24)26(31-27)33(3)4;/h6-9,12,15-16,19,21,28H,10-11,13-14,17-18H2,1-5H3,(H,29,30,31);1H4. The zero-order chi connectivity index (χ0) is 24.1. The number of hydrogen-bond donors (Lipinski definition) is 2. The highest BCUT2D eigenvalue weighted by Crippen LogP contribution is 2.29. The predicted octanol–water partition coefficient (Wildman–Crippen LogP) is 5.17. The Kier molecular flexibility index (Phi) is 9.15. The van der Waals surface area contributed by atoms with Gasteiger partial charge in [0.15, 0.2) is 0 Å². The van der Waals surface area contributed by atoms with Crippen molar-refractivity contribution in [3.05, 3.63) is 48.0 Å². The van der Waals surface area contributed by atoms with Crippen molar-refractivity contribution >= 4 is 28.4 Å². The van der Waals surface area contributed by atoms with Crippen LogP contribution in [-0.2, 0) is 6.54 Å². The molecule has 35 heavy (non-hydrogen) atoms. The quantitative estimate of drug-likeness (QED) is 0.440. The van der Waals surface area contributed by atoms with Crippen molar-refractivity contribution in [1.82, 2.24) is 15.3 Å². The first-order chi connectivity index (χ1) is 16.4. The summed E-state index contributed by atoms with van der Waals surface area (Å²) in [6, 6.07) is 15.0. The SMILES string of the molecule is C.COc1cc(N(C)C)ccc1CNCC1CCC(Nc2nc(N(C)C)c3ccccc3n2)CC1. The minimum atomic E-state index is 0. The first kappa shape index (κ1) is 26.5. The minimum Gasteiger partial charge on any atom is -0.496 e. The van der Waals surface area contributed by atoms with E-state index in [9.17, 15) is 0 Å². The van der Waals surface area contributed by atoms with Gasteiger partial charge in [-0.25, -0.2) is 4.98 Å². The fourth-order valence-corrected chi connectivity index (χ4v) is 4.73. The van der Waals surface area contributed by atoms with Crippen LogP contribution in [-0.4, -0.2) is 57.9 Å². The molecule has 0 saturated heterocycles. The lowest BCUT2D eigenvalue weighted by Crippen LogP contribution is -2.31. The maximum Gasteiger partial charge on any atom is 0.225 e. The number of nitrogens with zero attached hydrogens (tertiary/aromatic N) is 4. The zero-order valence-corrected chi connectivity index (χ0v) is 21.1. The van der Waals surface area contributed by atoms with Gasteiger partial charge in [0.2, 0.25) is 5.95 Å². The molecule has 2 N–H and O–H groups in total. The molecule has 1 saturated carbocycles. The summed E-state index contributed by atoms with van der Waals surface area (Å²) in [4.78, 5) is 13.7. The van der Waals surface area contributed by atoms with E-state index >= 15 is 0 Å². The van der Waals surface area contributed by atoms with Crippen molar-refractivity contribution in [3.8, 4) is 5.75 Å². The average molecular weight is 479 g/mol. The van der Waals surface area contributed by atoms with Gasteiger partial charge in [-0.05, 0) is 56.3 Å². The molecule has 0 amide bonds. The Labute approximate surface area is 210 Å². The summed E-state index contributed by atoms with van der Waals surface area (Å²) >= 11 is 0. The van der Waals surface area contributed by atoms with Crippen molar-refractivity contribution in [2.24, 2.45) is 5.92 Å². The minimum absolute atomic E-state index is 0. The number of rotatable bonds is 9. The van der Waals surface area contributed by atoms with Crippen LogP contribution >= 0.6 is 0 Å². The van der Waals surface area contributed by atoms with Crippen LogP contribution in [0.1, 0.15) is 38.7 Å². The molecule has 1 heterocycles. The fraction of sp³-hybridized carbons (Fsp3) is 0.500. The summed E-state index contributed by atoms with van der Waals surface area (Å²) in [6.07, 6.45) is 4.69. The van der Waals surface area contributed by atoms with Crippen molar-refractivity contribution in [2.45, 2.75) is 45.7 Å². The second-order valence-electron chi connectivity index (χ2n) is 9.67. The van der Waals surface area contributed by atoms with Crippen LogP contribution in [0.25, 0.3) is 10.9 Å². The lowest BCUT2D eigenvalue weighted by atomic mass is 9.86. The monoisotopic (exact) mass is 478 g/mol. The van der Waals surface area contributed by atoms with Gasteiger partial charge in [0.05, 0.1) is 12.6 Å². The van der Waals surface area contributed by atoms with Crippen LogP contribution in [0.15, 0.2) is 42.5 Å². The van der Waals surface area contributed by atoms with Gasteiger partial charge in [-0.1, -0.05) is 25.6 Å². The first-order valence-electron chi connectivity index (χ1n) is 12.2. The van der Waals surface area contributed by atoms with E-state index in [4.69, 9.17) is 14.7 Å². The van der Waals surface area contributed by atoms with Gasteiger partial charge in [0, 0.05) is 63.5 Å². The summed E-state index contributed by atoms with van der Waals surface area (Å²) in [5.74, 6) is 3.33. The van der Waals surface area contributed by atoms with Gasteiger partial charge in [-0.15, -0.1) is 0 Å². The molecule has 0 bridgehead atoms. The van der Waals surface area contributed by atoms with E-state index < -0.39 is 0 Å². The molecule has 1 aromatic heterocycles. The molecule has 0 spiro atoms. The number of benzene rings is 2. The number of nitrogens with one attached hydrogen (secondary N) is 2. The van der Waals surface area contributed by atoms with Gasteiger partial charge in [0.25, 0.3) is 0 Å². The van der Waals surface area contributed by atoms with Crippen LogP contribution in [0.2, 0.25) is 0 Å². The fourth-order valence-electron chi connectivity index (χ4n) is 4.73. The third-order valence-corrected chi connectivity index (χ3v) is 6.72. The Bertz CT molecular complexity index is 1090. The summed E-state index contributed by atoms with van der Waals surface area (Å²) in [6.45, 7) is 1.86. The molecular weight excluding hydrogens is 436 g/mol. The van der Waals surface area contributed by atoms with Gasteiger partial charge in [0.1, 0.15) is 11.6 Å². The zero-order valence-electron chi connectivity index (χ0n) is 21.1. The summed E-state index contributed by atoms with van der Waals surface area (Å²) < 4.78 is 5.61. The summed E-state index contributed by atoms with van der Waals surface area (Å²) in [5.41, 5.74) is 3.34. The van der Waals surface area contributed by atoms with E-state index in [0.717, 1.165) is 60.0 Å². The molecule has 7 heteroatoms. The van der Waals surface area contributed by atoms with Crippen molar-refractivity contribution < 1.29 is 4.74 Å². The molecule has 0 unspecified atom stereocenters. The van der Waals surface area contributed by atoms with Gasteiger partial charge in [-0.3, -0.25) is 0 Å². The number of anilines is 3. The van der Waals surface area contributed by atoms with Crippen LogP contribution in [0.4, 0.5) is 17.5 Å². The number of aromatic nitrogens is 2. The van der Waals surface area contributed by atoms with Crippen LogP contribution < -0.4 is 25.2 Å². The van der Waals surface area contributed by atoms with Crippen LogP contribution in [0.3, 0.4) is 0 Å². The Hall–Kier alpha value is -3.06. The van der Waals surface area contributed by atoms with E-state index in [1.165, 1.54) is 18.4 Å².